The van der Waals surface area contributed by atoms with E-state index in [1.165, 1.54) is 0 Å². The molecule has 0 saturated heterocycles. The van der Waals surface area contributed by atoms with Crippen molar-refractivity contribution in [1.29, 1.82) is 0 Å². The lowest BCUT2D eigenvalue weighted by atomic mass is 10.0. The number of aliphatic hydroxyl groups is 1. The van der Waals surface area contributed by atoms with E-state index in [1.54, 1.807) is 12.4 Å². The SMILES string of the molecule is CCc1ccncc1C(O)CCN. The molecule has 0 spiro atoms. The minimum absolute atomic E-state index is 0.464. The van der Waals surface area contributed by atoms with Crippen LogP contribution in [0.2, 0.25) is 0 Å². The number of rotatable bonds is 4. The Morgan fingerprint density at radius 3 is 3.00 bits per heavy atom. The summed E-state index contributed by atoms with van der Waals surface area (Å²) >= 11 is 0. The average Bonchev–Trinajstić information content (AvgIpc) is 2.18. The van der Waals surface area contributed by atoms with E-state index in [-0.39, 0.29) is 0 Å². The zero-order valence-electron chi connectivity index (χ0n) is 7.90. The normalized spacial score (nSPS) is 12.8. The molecular formula is C10H16N2O. The molecule has 0 saturated carbocycles. The molecule has 13 heavy (non-hydrogen) atoms. The van der Waals surface area contributed by atoms with E-state index in [0.717, 1.165) is 17.5 Å². The van der Waals surface area contributed by atoms with Gasteiger partial charge < -0.3 is 10.8 Å². The third-order valence-electron chi connectivity index (χ3n) is 2.13. The molecule has 1 rings (SSSR count). The molecule has 1 aromatic rings. The minimum atomic E-state index is -0.464. The van der Waals surface area contributed by atoms with Gasteiger partial charge in [-0.15, -0.1) is 0 Å². The van der Waals surface area contributed by atoms with Crippen LogP contribution in [0, 0.1) is 0 Å². The highest BCUT2D eigenvalue weighted by atomic mass is 16.3. The highest BCUT2D eigenvalue weighted by Gasteiger charge is 2.09. The molecule has 0 aromatic carbocycles. The molecule has 0 fully saturated rings. The molecule has 1 aromatic heterocycles. The predicted molar refractivity (Wildman–Crippen MR) is 52.2 cm³/mol. The molecule has 0 aliphatic heterocycles. The van der Waals surface area contributed by atoms with E-state index in [2.05, 4.69) is 11.9 Å². The van der Waals surface area contributed by atoms with Crippen LogP contribution in [-0.4, -0.2) is 16.6 Å². The fourth-order valence-corrected chi connectivity index (χ4v) is 1.37. The monoisotopic (exact) mass is 180 g/mol. The Hall–Kier alpha value is -0.930. The number of hydrogen-bond donors (Lipinski definition) is 2. The van der Waals surface area contributed by atoms with E-state index in [1.807, 2.05) is 6.07 Å². The topological polar surface area (TPSA) is 59.1 Å². The van der Waals surface area contributed by atoms with Gasteiger partial charge in [0, 0.05) is 18.0 Å². The number of aryl methyl sites for hydroxylation is 1. The van der Waals surface area contributed by atoms with Gasteiger partial charge in [0.25, 0.3) is 0 Å². The summed E-state index contributed by atoms with van der Waals surface area (Å²) in [7, 11) is 0. The van der Waals surface area contributed by atoms with E-state index < -0.39 is 6.10 Å². The van der Waals surface area contributed by atoms with Gasteiger partial charge in [-0.05, 0) is 31.0 Å². The summed E-state index contributed by atoms with van der Waals surface area (Å²) in [6, 6.07) is 1.94. The van der Waals surface area contributed by atoms with Gasteiger partial charge in [0.2, 0.25) is 0 Å². The van der Waals surface area contributed by atoms with Crippen LogP contribution >= 0.6 is 0 Å². The molecule has 72 valence electrons. The Kier molecular flexibility index (Phi) is 3.86. The molecule has 3 N–H and O–H groups in total. The van der Waals surface area contributed by atoms with Crippen LogP contribution in [0.3, 0.4) is 0 Å². The average molecular weight is 180 g/mol. The summed E-state index contributed by atoms with van der Waals surface area (Å²) in [5.74, 6) is 0. The van der Waals surface area contributed by atoms with Crippen LogP contribution in [0.1, 0.15) is 30.6 Å². The quantitative estimate of drug-likeness (QED) is 0.727. The van der Waals surface area contributed by atoms with Crippen molar-refractivity contribution in [3.8, 4) is 0 Å². The lowest BCUT2D eigenvalue weighted by Crippen LogP contribution is -2.08. The minimum Gasteiger partial charge on any atom is -0.388 e. The van der Waals surface area contributed by atoms with E-state index in [0.29, 0.717) is 13.0 Å². The Bertz CT molecular complexity index is 263. The highest BCUT2D eigenvalue weighted by Crippen LogP contribution is 2.19. The van der Waals surface area contributed by atoms with Gasteiger partial charge in [0.05, 0.1) is 6.10 Å². The van der Waals surface area contributed by atoms with E-state index >= 15 is 0 Å². The van der Waals surface area contributed by atoms with Gasteiger partial charge >= 0.3 is 0 Å². The maximum absolute atomic E-state index is 9.71. The third kappa shape index (κ3) is 2.50. The molecule has 0 aliphatic rings. The summed E-state index contributed by atoms with van der Waals surface area (Å²) in [5.41, 5.74) is 7.44. The van der Waals surface area contributed by atoms with Gasteiger partial charge in [0.15, 0.2) is 0 Å². The van der Waals surface area contributed by atoms with Crippen molar-refractivity contribution in [3.63, 3.8) is 0 Å². The molecule has 0 bridgehead atoms. The highest BCUT2D eigenvalue weighted by molar-refractivity contribution is 5.25. The second-order valence-corrected chi connectivity index (χ2v) is 3.02. The summed E-state index contributed by atoms with van der Waals surface area (Å²) in [4.78, 5) is 4.00. The van der Waals surface area contributed by atoms with Crippen LogP contribution in [0.5, 0.6) is 0 Å². The standard InChI is InChI=1S/C10H16N2O/c1-2-8-4-6-12-7-9(8)10(13)3-5-11/h4,6-7,10,13H,2-3,5,11H2,1H3. The third-order valence-corrected chi connectivity index (χ3v) is 2.13. The maximum atomic E-state index is 9.71. The maximum Gasteiger partial charge on any atom is 0.0819 e. The van der Waals surface area contributed by atoms with Crippen molar-refractivity contribution >= 4 is 0 Å². The summed E-state index contributed by atoms with van der Waals surface area (Å²) < 4.78 is 0. The van der Waals surface area contributed by atoms with Crippen molar-refractivity contribution in [3.05, 3.63) is 29.6 Å². The number of hydrogen-bond acceptors (Lipinski definition) is 3. The van der Waals surface area contributed by atoms with E-state index in [9.17, 15) is 5.11 Å². The largest absolute Gasteiger partial charge is 0.388 e. The number of nitrogens with two attached hydrogens (primary N) is 1. The van der Waals surface area contributed by atoms with Gasteiger partial charge in [0.1, 0.15) is 0 Å². The molecule has 1 heterocycles. The number of pyridine rings is 1. The number of nitrogens with zero attached hydrogens (tertiary/aromatic N) is 1. The molecule has 1 unspecified atom stereocenters. The Morgan fingerprint density at radius 2 is 2.38 bits per heavy atom. The van der Waals surface area contributed by atoms with E-state index in [4.69, 9.17) is 5.73 Å². The van der Waals surface area contributed by atoms with Crippen LogP contribution in [0.4, 0.5) is 0 Å². The smallest absolute Gasteiger partial charge is 0.0819 e. The lowest BCUT2D eigenvalue weighted by molar-refractivity contribution is 0.169. The Morgan fingerprint density at radius 1 is 1.62 bits per heavy atom. The zero-order valence-corrected chi connectivity index (χ0v) is 7.90. The molecular weight excluding hydrogens is 164 g/mol. The number of aliphatic hydroxyl groups excluding tert-OH is 1. The second-order valence-electron chi connectivity index (χ2n) is 3.02. The van der Waals surface area contributed by atoms with Gasteiger partial charge in [-0.25, -0.2) is 0 Å². The first-order valence-electron chi connectivity index (χ1n) is 4.60. The first-order valence-corrected chi connectivity index (χ1v) is 4.60. The first-order chi connectivity index (χ1) is 6.29. The van der Waals surface area contributed by atoms with Crippen LogP contribution in [0.15, 0.2) is 18.5 Å². The molecule has 3 heteroatoms. The molecule has 1 atom stereocenters. The van der Waals surface area contributed by atoms with Crippen molar-refractivity contribution in [1.82, 2.24) is 4.98 Å². The zero-order chi connectivity index (χ0) is 9.68. The summed E-state index contributed by atoms with van der Waals surface area (Å²) in [6.07, 6.45) is 4.52. The van der Waals surface area contributed by atoms with Crippen molar-refractivity contribution in [2.45, 2.75) is 25.9 Å². The summed E-state index contributed by atoms with van der Waals surface area (Å²) in [5, 5.41) is 9.71. The van der Waals surface area contributed by atoms with Crippen molar-refractivity contribution < 1.29 is 5.11 Å². The molecule has 3 nitrogen and oxygen atoms in total. The lowest BCUT2D eigenvalue weighted by Gasteiger charge is -2.12. The summed E-state index contributed by atoms with van der Waals surface area (Å²) in [6.45, 7) is 2.56. The Labute approximate surface area is 78.6 Å². The molecule has 0 radical (unpaired) electrons. The van der Waals surface area contributed by atoms with Gasteiger partial charge in [-0.2, -0.15) is 0 Å². The van der Waals surface area contributed by atoms with Crippen LogP contribution in [-0.2, 0) is 6.42 Å². The van der Waals surface area contributed by atoms with Crippen molar-refractivity contribution in [2.75, 3.05) is 6.54 Å². The molecule has 0 amide bonds. The van der Waals surface area contributed by atoms with Gasteiger partial charge in [-0.3, -0.25) is 4.98 Å². The molecule has 0 aliphatic carbocycles. The predicted octanol–water partition coefficient (Wildman–Crippen LogP) is 1.03. The number of aromatic nitrogens is 1. The van der Waals surface area contributed by atoms with Crippen LogP contribution < -0.4 is 5.73 Å². The second kappa shape index (κ2) is 4.94. The fraction of sp³-hybridized carbons (Fsp3) is 0.500. The Balaban J connectivity index is 2.85. The fourth-order valence-electron chi connectivity index (χ4n) is 1.37. The van der Waals surface area contributed by atoms with Gasteiger partial charge in [-0.1, -0.05) is 6.92 Å². The first kappa shape index (κ1) is 10.2. The van der Waals surface area contributed by atoms with Crippen molar-refractivity contribution in [2.24, 2.45) is 5.73 Å². The van der Waals surface area contributed by atoms with Crippen LogP contribution in [0.25, 0.3) is 0 Å².